The number of anilines is 1. The minimum Gasteiger partial charge on any atom is -0.462 e. The van der Waals surface area contributed by atoms with Gasteiger partial charge in [0.05, 0.1) is 43.4 Å². The Hall–Kier alpha value is -2.37. The standard InChI is InChI=1S/C24H20Cl4N2O7S/c1-3-36-24(35)13-10-6-4-5-7-11(10)38-20(13)29-12(31)8-37-23(34)9(2)30-21(32)14-15(22(30)33)17(26)19(28)18(27)16(14)25/h9H,3-8H2,1-2H3,(H,29,31)/t9-/m0/s1. The molecule has 202 valence electrons. The first-order valence-corrected chi connectivity index (χ1v) is 13.8. The first kappa shape index (κ1) is 28.6. The summed E-state index contributed by atoms with van der Waals surface area (Å²) >= 11 is 25.5. The van der Waals surface area contributed by atoms with E-state index in [0.29, 0.717) is 21.9 Å². The molecule has 0 bridgehead atoms. The highest BCUT2D eigenvalue weighted by molar-refractivity contribution is 7.17. The second-order valence-electron chi connectivity index (χ2n) is 8.45. The zero-order valence-corrected chi connectivity index (χ0v) is 23.9. The Bertz CT molecular complexity index is 1340. The molecule has 1 aliphatic carbocycles. The molecule has 1 atom stereocenters. The summed E-state index contributed by atoms with van der Waals surface area (Å²) in [4.78, 5) is 65.4. The lowest BCUT2D eigenvalue weighted by Crippen LogP contribution is -2.44. The average Bonchev–Trinajstić information content (AvgIpc) is 3.38. The molecular formula is C24H20Cl4N2O7S. The first-order valence-electron chi connectivity index (χ1n) is 11.5. The van der Waals surface area contributed by atoms with Gasteiger partial charge in [0.2, 0.25) is 0 Å². The van der Waals surface area contributed by atoms with Crippen LogP contribution in [0.4, 0.5) is 5.00 Å². The van der Waals surface area contributed by atoms with Crippen molar-refractivity contribution in [1.29, 1.82) is 0 Å². The van der Waals surface area contributed by atoms with Crippen molar-refractivity contribution < 1.29 is 33.4 Å². The number of fused-ring (bicyclic) bond motifs is 2. The maximum atomic E-state index is 13.0. The van der Waals surface area contributed by atoms with Crippen LogP contribution in [-0.2, 0) is 31.9 Å². The third-order valence-corrected chi connectivity index (χ3v) is 9.12. The van der Waals surface area contributed by atoms with Gasteiger partial charge in [-0.2, -0.15) is 0 Å². The Morgan fingerprint density at radius 2 is 1.53 bits per heavy atom. The Balaban J connectivity index is 1.46. The number of benzene rings is 1. The molecule has 2 aromatic rings. The summed E-state index contributed by atoms with van der Waals surface area (Å²) in [6.07, 6.45) is 3.39. The number of hydrogen-bond acceptors (Lipinski definition) is 8. The molecule has 0 saturated heterocycles. The zero-order chi connectivity index (χ0) is 27.9. The summed E-state index contributed by atoms with van der Waals surface area (Å²) in [5.41, 5.74) is 0.628. The van der Waals surface area contributed by atoms with Crippen LogP contribution in [0.3, 0.4) is 0 Å². The number of ether oxygens (including phenoxy) is 2. The van der Waals surface area contributed by atoms with Crippen molar-refractivity contribution in [3.05, 3.63) is 47.2 Å². The fraction of sp³-hybridized carbons (Fsp3) is 0.375. The molecule has 3 amide bonds. The monoisotopic (exact) mass is 620 g/mol. The number of hydrogen-bond donors (Lipinski definition) is 1. The number of imide groups is 1. The molecule has 0 radical (unpaired) electrons. The van der Waals surface area contributed by atoms with Crippen LogP contribution < -0.4 is 5.32 Å². The molecular weight excluding hydrogens is 602 g/mol. The summed E-state index contributed by atoms with van der Waals surface area (Å²) < 4.78 is 10.2. The molecule has 38 heavy (non-hydrogen) atoms. The van der Waals surface area contributed by atoms with Crippen molar-refractivity contribution >= 4 is 92.4 Å². The van der Waals surface area contributed by atoms with Crippen molar-refractivity contribution in [1.82, 2.24) is 4.90 Å². The summed E-state index contributed by atoms with van der Waals surface area (Å²) in [6, 6.07) is -1.43. The van der Waals surface area contributed by atoms with Gasteiger partial charge in [-0.1, -0.05) is 46.4 Å². The highest BCUT2D eigenvalue weighted by Gasteiger charge is 2.45. The number of halogens is 4. The highest BCUT2D eigenvalue weighted by atomic mass is 35.5. The summed E-state index contributed by atoms with van der Waals surface area (Å²) in [7, 11) is 0. The predicted octanol–water partition coefficient (Wildman–Crippen LogP) is 5.58. The van der Waals surface area contributed by atoms with E-state index in [2.05, 4.69) is 5.32 Å². The van der Waals surface area contributed by atoms with E-state index in [0.717, 1.165) is 29.7 Å². The average molecular weight is 622 g/mol. The zero-order valence-electron chi connectivity index (χ0n) is 20.0. The Morgan fingerprint density at radius 3 is 2.11 bits per heavy atom. The van der Waals surface area contributed by atoms with Crippen molar-refractivity contribution in [2.45, 2.75) is 45.6 Å². The van der Waals surface area contributed by atoms with Crippen LogP contribution in [0.1, 0.15) is 68.2 Å². The van der Waals surface area contributed by atoms with E-state index < -0.39 is 42.3 Å². The molecule has 0 fully saturated rings. The van der Waals surface area contributed by atoms with E-state index in [1.165, 1.54) is 18.3 Å². The lowest BCUT2D eigenvalue weighted by molar-refractivity contribution is -0.150. The van der Waals surface area contributed by atoms with Gasteiger partial charge in [-0.25, -0.2) is 9.59 Å². The molecule has 1 aliphatic heterocycles. The molecule has 0 saturated carbocycles. The Labute approximate surface area is 241 Å². The quantitative estimate of drug-likeness (QED) is 0.185. The lowest BCUT2D eigenvalue weighted by Gasteiger charge is -2.20. The second kappa shape index (κ2) is 11.4. The third-order valence-electron chi connectivity index (χ3n) is 6.11. The highest BCUT2D eigenvalue weighted by Crippen LogP contribution is 2.45. The van der Waals surface area contributed by atoms with Gasteiger partial charge in [0, 0.05) is 4.88 Å². The molecule has 9 nitrogen and oxygen atoms in total. The van der Waals surface area contributed by atoms with Gasteiger partial charge in [0.1, 0.15) is 11.0 Å². The molecule has 1 N–H and O–H groups in total. The fourth-order valence-electron chi connectivity index (χ4n) is 4.32. The van der Waals surface area contributed by atoms with Gasteiger partial charge in [0.25, 0.3) is 17.7 Å². The van der Waals surface area contributed by atoms with Crippen LogP contribution in [0.5, 0.6) is 0 Å². The molecule has 0 spiro atoms. The molecule has 2 heterocycles. The number of thiophene rings is 1. The van der Waals surface area contributed by atoms with E-state index in [4.69, 9.17) is 55.9 Å². The summed E-state index contributed by atoms with van der Waals surface area (Å²) in [6.45, 7) is 2.39. The van der Waals surface area contributed by atoms with Crippen molar-refractivity contribution in [2.75, 3.05) is 18.5 Å². The van der Waals surface area contributed by atoms with Crippen molar-refractivity contribution in [3.8, 4) is 0 Å². The SMILES string of the molecule is CCOC(=O)c1c(NC(=O)COC(=O)[C@H](C)N2C(=O)c3c(Cl)c(Cl)c(Cl)c(Cl)c3C2=O)sc2c1CCCC2. The number of amides is 3. The maximum Gasteiger partial charge on any atom is 0.341 e. The van der Waals surface area contributed by atoms with Gasteiger partial charge in [-0.3, -0.25) is 19.3 Å². The molecule has 14 heteroatoms. The van der Waals surface area contributed by atoms with Gasteiger partial charge < -0.3 is 14.8 Å². The fourth-order valence-corrected chi connectivity index (χ4v) is 6.62. The van der Waals surface area contributed by atoms with Crippen molar-refractivity contribution in [3.63, 3.8) is 0 Å². The number of nitrogens with zero attached hydrogens (tertiary/aromatic N) is 1. The summed E-state index contributed by atoms with van der Waals surface area (Å²) in [5, 5.41) is 1.99. The maximum absolute atomic E-state index is 13.0. The smallest absolute Gasteiger partial charge is 0.341 e. The number of nitrogens with one attached hydrogen (secondary N) is 1. The molecule has 4 rings (SSSR count). The molecule has 2 aliphatic rings. The van der Waals surface area contributed by atoms with Crippen LogP contribution in [0.25, 0.3) is 0 Å². The number of carbonyl (C=O) groups excluding carboxylic acids is 5. The van der Waals surface area contributed by atoms with E-state index in [1.807, 2.05) is 0 Å². The summed E-state index contributed by atoms with van der Waals surface area (Å²) in [5.74, 6) is -4.09. The molecule has 1 aromatic heterocycles. The van der Waals surface area contributed by atoms with Gasteiger partial charge in [-0.05, 0) is 45.1 Å². The largest absolute Gasteiger partial charge is 0.462 e. The Kier molecular flexibility index (Phi) is 8.59. The van der Waals surface area contributed by atoms with Crippen molar-refractivity contribution in [2.24, 2.45) is 0 Å². The van der Waals surface area contributed by atoms with E-state index >= 15 is 0 Å². The lowest BCUT2D eigenvalue weighted by atomic mass is 9.95. The second-order valence-corrected chi connectivity index (χ2v) is 11.1. The number of esters is 2. The number of rotatable bonds is 7. The van der Waals surface area contributed by atoms with E-state index in [-0.39, 0.29) is 37.8 Å². The van der Waals surface area contributed by atoms with E-state index in [9.17, 15) is 24.0 Å². The third kappa shape index (κ3) is 5.00. The Morgan fingerprint density at radius 1 is 0.947 bits per heavy atom. The van der Waals surface area contributed by atoms with Crippen LogP contribution in [0, 0.1) is 0 Å². The van der Waals surface area contributed by atoms with Gasteiger partial charge in [-0.15, -0.1) is 11.3 Å². The normalized spacial score (nSPS) is 15.2. The predicted molar refractivity (Wildman–Crippen MR) is 143 cm³/mol. The van der Waals surface area contributed by atoms with Crippen LogP contribution in [0.15, 0.2) is 0 Å². The topological polar surface area (TPSA) is 119 Å². The number of aryl methyl sites for hydroxylation is 1. The van der Waals surface area contributed by atoms with Crippen LogP contribution in [-0.4, -0.2) is 53.8 Å². The minimum atomic E-state index is -1.43. The first-order chi connectivity index (χ1) is 18.0. The van der Waals surface area contributed by atoms with Crippen LogP contribution >= 0.6 is 57.7 Å². The van der Waals surface area contributed by atoms with Gasteiger partial charge in [0.15, 0.2) is 6.61 Å². The van der Waals surface area contributed by atoms with E-state index in [1.54, 1.807) is 6.92 Å². The van der Waals surface area contributed by atoms with Gasteiger partial charge >= 0.3 is 11.9 Å². The minimum absolute atomic E-state index is 0.180. The molecule has 0 unspecified atom stereocenters. The van der Waals surface area contributed by atoms with Crippen LogP contribution in [0.2, 0.25) is 20.1 Å². The number of carbonyl (C=O) groups is 5. The molecule has 1 aromatic carbocycles.